The molecular weight excluding hydrogens is 342 g/mol. The Kier molecular flexibility index (Phi) is 7.12. The number of hydrogen-bond donors (Lipinski definition) is 1. The zero-order valence-electron chi connectivity index (χ0n) is 14.9. The summed E-state index contributed by atoms with van der Waals surface area (Å²) in [5.41, 5.74) is -0.323. The Morgan fingerprint density at radius 1 is 1.12 bits per heavy atom. The molecule has 0 heterocycles. The fourth-order valence-corrected chi connectivity index (χ4v) is 3.69. The van der Waals surface area contributed by atoms with E-state index in [9.17, 15) is 9.59 Å². The van der Waals surface area contributed by atoms with E-state index in [4.69, 9.17) is 21.1 Å². The van der Waals surface area contributed by atoms with Gasteiger partial charge in [-0.05, 0) is 25.0 Å². The molecule has 1 aromatic carbocycles. The van der Waals surface area contributed by atoms with Gasteiger partial charge in [0.15, 0.2) is 0 Å². The Hall–Kier alpha value is -1.75. The molecule has 0 aromatic heterocycles. The van der Waals surface area contributed by atoms with Gasteiger partial charge in [-0.25, -0.2) is 4.79 Å². The van der Waals surface area contributed by atoms with E-state index in [-0.39, 0.29) is 18.3 Å². The number of esters is 1. The second-order valence-corrected chi connectivity index (χ2v) is 6.89. The third kappa shape index (κ3) is 4.88. The second-order valence-electron chi connectivity index (χ2n) is 6.49. The van der Waals surface area contributed by atoms with Crippen molar-refractivity contribution >= 4 is 23.5 Å². The highest BCUT2D eigenvalue weighted by Crippen LogP contribution is 2.30. The first kappa shape index (κ1) is 19.6. The number of nitrogens with one attached hydrogen (secondary N) is 1. The molecule has 1 aliphatic carbocycles. The molecule has 0 atom stereocenters. The Balaban J connectivity index is 2.18. The van der Waals surface area contributed by atoms with E-state index in [0.717, 1.165) is 25.7 Å². The van der Waals surface area contributed by atoms with Gasteiger partial charge < -0.3 is 14.8 Å². The number of amides is 1. The number of benzene rings is 1. The van der Waals surface area contributed by atoms with Gasteiger partial charge in [-0.15, -0.1) is 0 Å². The van der Waals surface area contributed by atoms with Crippen molar-refractivity contribution < 1.29 is 19.1 Å². The van der Waals surface area contributed by atoms with Gasteiger partial charge in [-0.3, -0.25) is 4.79 Å². The van der Waals surface area contributed by atoms with Crippen molar-refractivity contribution in [2.75, 3.05) is 14.2 Å². The highest BCUT2D eigenvalue weighted by molar-refractivity contribution is 6.31. The van der Waals surface area contributed by atoms with Gasteiger partial charge in [-0.1, -0.05) is 49.8 Å². The van der Waals surface area contributed by atoms with Crippen molar-refractivity contribution in [2.45, 2.75) is 56.9 Å². The highest BCUT2D eigenvalue weighted by Gasteiger charge is 2.40. The number of halogens is 1. The van der Waals surface area contributed by atoms with E-state index >= 15 is 0 Å². The number of ether oxygens (including phenoxy) is 2. The topological polar surface area (TPSA) is 64.6 Å². The van der Waals surface area contributed by atoms with E-state index < -0.39 is 5.54 Å². The minimum Gasteiger partial charge on any atom is -0.496 e. The summed E-state index contributed by atoms with van der Waals surface area (Å²) in [5.74, 6) is -0.0568. The van der Waals surface area contributed by atoms with Gasteiger partial charge >= 0.3 is 5.97 Å². The van der Waals surface area contributed by atoms with Gasteiger partial charge in [0.1, 0.15) is 11.3 Å². The summed E-state index contributed by atoms with van der Waals surface area (Å²) in [6.45, 7) is 0. The molecule has 1 aromatic rings. The number of carbonyl (C=O) groups excluding carboxylic acids is 2. The van der Waals surface area contributed by atoms with Crippen molar-refractivity contribution in [1.29, 1.82) is 0 Å². The van der Waals surface area contributed by atoms with E-state index in [1.807, 2.05) is 0 Å². The maximum absolute atomic E-state index is 12.7. The molecule has 1 amide bonds. The molecule has 5 nitrogen and oxygen atoms in total. The van der Waals surface area contributed by atoms with E-state index in [1.54, 1.807) is 18.2 Å². The molecule has 1 N–H and O–H groups in total. The molecule has 0 unspecified atom stereocenters. The Morgan fingerprint density at radius 3 is 2.36 bits per heavy atom. The summed E-state index contributed by atoms with van der Waals surface area (Å²) >= 11 is 6.22. The molecule has 0 spiro atoms. The van der Waals surface area contributed by atoms with E-state index in [1.165, 1.54) is 20.6 Å². The van der Waals surface area contributed by atoms with Crippen LogP contribution in [0.25, 0.3) is 0 Å². The van der Waals surface area contributed by atoms with Crippen LogP contribution in [-0.2, 0) is 20.7 Å². The first-order valence-electron chi connectivity index (χ1n) is 8.73. The van der Waals surface area contributed by atoms with E-state index in [2.05, 4.69) is 5.32 Å². The smallest absolute Gasteiger partial charge is 0.331 e. The molecule has 0 radical (unpaired) electrons. The molecule has 1 saturated carbocycles. The number of carbonyl (C=O) groups is 2. The average Bonchev–Trinajstić information content (AvgIpc) is 2.58. The van der Waals surface area contributed by atoms with E-state index in [0.29, 0.717) is 29.2 Å². The second kappa shape index (κ2) is 9.09. The lowest BCUT2D eigenvalue weighted by Gasteiger charge is -2.33. The van der Waals surface area contributed by atoms with Gasteiger partial charge in [-0.2, -0.15) is 0 Å². The largest absolute Gasteiger partial charge is 0.496 e. The normalized spacial score (nSPS) is 17.1. The van der Waals surface area contributed by atoms with Gasteiger partial charge in [0, 0.05) is 10.6 Å². The fraction of sp³-hybridized carbons (Fsp3) is 0.579. The average molecular weight is 368 g/mol. The lowest BCUT2D eigenvalue weighted by molar-refractivity contribution is -0.152. The first-order chi connectivity index (χ1) is 12.0. The zero-order chi connectivity index (χ0) is 18.3. The summed E-state index contributed by atoms with van der Waals surface area (Å²) in [4.78, 5) is 25.1. The molecule has 6 heteroatoms. The molecule has 0 bridgehead atoms. The van der Waals surface area contributed by atoms with Crippen molar-refractivity contribution in [3.05, 3.63) is 28.8 Å². The van der Waals surface area contributed by atoms with Crippen LogP contribution in [0, 0.1) is 0 Å². The summed E-state index contributed by atoms with van der Waals surface area (Å²) < 4.78 is 10.3. The van der Waals surface area contributed by atoms with Crippen molar-refractivity contribution in [3.8, 4) is 5.75 Å². The summed E-state index contributed by atoms with van der Waals surface area (Å²) in [6.07, 6.45) is 6.34. The Bertz CT molecular complexity index is 609. The lowest BCUT2D eigenvalue weighted by Crippen LogP contribution is -2.55. The first-order valence-corrected chi connectivity index (χ1v) is 9.11. The standard InChI is InChI=1S/C19H26ClNO4/c1-24-16-10-8-9-15(20)14(16)13-17(22)21-19(18(23)25-2)11-6-4-3-5-7-12-19/h8-10H,3-7,11-13H2,1-2H3,(H,21,22). The summed E-state index contributed by atoms with van der Waals surface area (Å²) in [7, 11) is 2.91. The van der Waals surface area contributed by atoms with Crippen LogP contribution < -0.4 is 10.1 Å². The maximum atomic E-state index is 12.7. The van der Waals surface area contributed by atoms with Gasteiger partial charge in [0.2, 0.25) is 5.91 Å². The molecule has 1 fully saturated rings. The summed E-state index contributed by atoms with van der Waals surface area (Å²) in [5, 5.41) is 3.42. The predicted molar refractivity (Wildman–Crippen MR) is 96.9 cm³/mol. The van der Waals surface area contributed by atoms with Crippen LogP contribution in [0.2, 0.25) is 5.02 Å². The van der Waals surface area contributed by atoms with Gasteiger partial charge in [0.25, 0.3) is 0 Å². The van der Waals surface area contributed by atoms with Crippen LogP contribution in [0.1, 0.15) is 50.5 Å². The predicted octanol–water partition coefficient (Wildman–Crippen LogP) is 3.66. The Labute approximate surface area is 154 Å². The molecule has 2 rings (SSSR count). The Morgan fingerprint density at radius 2 is 1.76 bits per heavy atom. The molecule has 138 valence electrons. The SMILES string of the molecule is COC(=O)C1(NC(=O)Cc2c(Cl)cccc2OC)CCCCCCC1. The van der Waals surface area contributed by atoms with Crippen LogP contribution in [0.5, 0.6) is 5.75 Å². The number of hydrogen-bond acceptors (Lipinski definition) is 4. The van der Waals surface area contributed by atoms with Crippen molar-refractivity contribution in [1.82, 2.24) is 5.32 Å². The minimum absolute atomic E-state index is 0.0571. The number of methoxy groups -OCH3 is 2. The van der Waals surface area contributed by atoms with Crippen LogP contribution in [0.3, 0.4) is 0 Å². The minimum atomic E-state index is -0.944. The fourth-order valence-electron chi connectivity index (χ4n) is 3.46. The molecule has 25 heavy (non-hydrogen) atoms. The van der Waals surface area contributed by atoms with Crippen molar-refractivity contribution in [2.24, 2.45) is 0 Å². The molecule has 0 saturated heterocycles. The van der Waals surface area contributed by atoms with Crippen LogP contribution in [0.15, 0.2) is 18.2 Å². The summed E-state index contributed by atoms with van der Waals surface area (Å²) in [6, 6.07) is 5.26. The molecule has 0 aliphatic heterocycles. The maximum Gasteiger partial charge on any atom is 0.331 e. The zero-order valence-corrected chi connectivity index (χ0v) is 15.7. The van der Waals surface area contributed by atoms with Crippen LogP contribution in [-0.4, -0.2) is 31.6 Å². The third-order valence-electron chi connectivity index (χ3n) is 4.80. The third-order valence-corrected chi connectivity index (χ3v) is 5.15. The van der Waals surface area contributed by atoms with Crippen LogP contribution in [0.4, 0.5) is 0 Å². The molecule has 1 aliphatic rings. The van der Waals surface area contributed by atoms with Gasteiger partial charge in [0.05, 0.1) is 20.6 Å². The number of rotatable bonds is 5. The molecular formula is C19H26ClNO4. The monoisotopic (exact) mass is 367 g/mol. The van der Waals surface area contributed by atoms with Crippen molar-refractivity contribution in [3.63, 3.8) is 0 Å². The quantitative estimate of drug-likeness (QED) is 0.806. The highest BCUT2D eigenvalue weighted by atomic mass is 35.5. The lowest BCUT2D eigenvalue weighted by atomic mass is 9.83. The van der Waals surface area contributed by atoms with Crippen LogP contribution >= 0.6 is 11.6 Å².